The smallest absolute Gasteiger partial charge is 0.261 e. The van der Waals surface area contributed by atoms with Crippen LogP contribution in [0.1, 0.15) is 24.2 Å². The number of aromatic hydroxyl groups is 1. The van der Waals surface area contributed by atoms with Gasteiger partial charge >= 0.3 is 0 Å². The van der Waals surface area contributed by atoms with Crippen molar-refractivity contribution in [1.29, 1.82) is 0 Å². The second-order valence-electron chi connectivity index (χ2n) is 3.97. The van der Waals surface area contributed by atoms with E-state index in [9.17, 15) is 14.3 Å². The summed E-state index contributed by atoms with van der Waals surface area (Å²) in [5.41, 5.74) is -0.289. The number of phenols is 1. The van der Waals surface area contributed by atoms with Crippen molar-refractivity contribution in [2.24, 2.45) is 0 Å². The minimum atomic E-state index is -0.718. The fourth-order valence-corrected chi connectivity index (χ4v) is 1.54. The molecule has 0 unspecified atom stereocenters. The summed E-state index contributed by atoms with van der Waals surface area (Å²) in [5, 5.41) is 9.55. The number of hydrogen-bond acceptors (Lipinski definition) is 2. The Morgan fingerprint density at radius 3 is 2.71 bits per heavy atom. The van der Waals surface area contributed by atoms with Crippen LogP contribution in [0.25, 0.3) is 0 Å². The van der Waals surface area contributed by atoms with E-state index < -0.39 is 11.7 Å². The Bertz CT molecular complexity index is 409. The second kappa shape index (κ2) is 5.48. The first-order valence-corrected chi connectivity index (χ1v) is 5.38. The summed E-state index contributed by atoms with van der Waals surface area (Å²) in [4.78, 5) is 13.5. The number of amides is 1. The van der Waals surface area contributed by atoms with Crippen molar-refractivity contribution in [3.05, 3.63) is 42.2 Å². The summed E-state index contributed by atoms with van der Waals surface area (Å²) in [6.45, 7) is 7.50. The molecule has 3 nitrogen and oxygen atoms in total. The average Bonchev–Trinajstić information content (AvgIpc) is 2.24. The number of benzene rings is 1. The first-order valence-electron chi connectivity index (χ1n) is 5.38. The molecule has 0 aromatic heterocycles. The molecule has 0 aliphatic carbocycles. The van der Waals surface area contributed by atoms with Gasteiger partial charge in [-0.25, -0.2) is 4.39 Å². The minimum Gasteiger partial charge on any atom is -0.507 e. The van der Waals surface area contributed by atoms with E-state index in [-0.39, 0.29) is 17.4 Å². The van der Waals surface area contributed by atoms with Crippen LogP contribution in [0.5, 0.6) is 5.75 Å². The van der Waals surface area contributed by atoms with Crippen molar-refractivity contribution >= 4 is 5.91 Å². The van der Waals surface area contributed by atoms with Gasteiger partial charge in [-0.15, -0.1) is 6.58 Å². The van der Waals surface area contributed by atoms with Crippen LogP contribution in [0, 0.1) is 5.82 Å². The molecule has 0 saturated carbocycles. The Hall–Kier alpha value is -1.84. The van der Waals surface area contributed by atoms with Crippen molar-refractivity contribution in [1.82, 2.24) is 4.90 Å². The van der Waals surface area contributed by atoms with Gasteiger partial charge in [0.05, 0.1) is 0 Å². The summed E-state index contributed by atoms with van der Waals surface area (Å²) in [7, 11) is 0. The Morgan fingerprint density at radius 2 is 2.24 bits per heavy atom. The predicted octanol–water partition coefficient (Wildman–Crippen LogP) is 2.57. The van der Waals surface area contributed by atoms with Crippen molar-refractivity contribution in [3.8, 4) is 5.75 Å². The molecule has 92 valence electrons. The van der Waals surface area contributed by atoms with Crippen molar-refractivity contribution in [2.45, 2.75) is 19.9 Å². The Kier molecular flexibility index (Phi) is 4.26. The molecule has 0 heterocycles. The Morgan fingerprint density at radius 1 is 1.59 bits per heavy atom. The zero-order chi connectivity index (χ0) is 13.0. The van der Waals surface area contributed by atoms with E-state index in [0.717, 1.165) is 6.07 Å². The number of carbonyl (C=O) groups is 1. The van der Waals surface area contributed by atoms with Crippen LogP contribution in [0.15, 0.2) is 30.9 Å². The van der Waals surface area contributed by atoms with Crippen molar-refractivity contribution in [3.63, 3.8) is 0 Å². The lowest BCUT2D eigenvalue weighted by Crippen LogP contribution is -2.37. The molecular weight excluding hydrogens is 221 g/mol. The quantitative estimate of drug-likeness (QED) is 0.817. The Labute approximate surface area is 100 Å². The summed E-state index contributed by atoms with van der Waals surface area (Å²) in [5.74, 6) is -1.59. The standard InChI is InChI=1S/C13H16FNO2/c1-4-8-15(9(2)3)13(17)12-10(14)6-5-7-11(12)16/h4-7,9,16H,1,8H2,2-3H3. The molecule has 0 radical (unpaired) electrons. The van der Waals surface area contributed by atoms with Crippen LogP contribution in [-0.2, 0) is 0 Å². The number of nitrogens with zero attached hydrogens (tertiary/aromatic N) is 1. The fraction of sp³-hybridized carbons (Fsp3) is 0.308. The first-order chi connectivity index (χ1) is 7.99. The maximum Gasteiger partial charge on any atom is 0.261 e. The van der Waals surface area contributed by atoms with Crippen LogP contribution in [0.4, 0.5) is 4.39 Å². The van der Waals surface area contributed by atoms with Gasteiger partial charge in [-0.1, -0.05) is 12.1 Å². The van der Waals surface area contributed by atoms with Gasteiger partial charge in [0.15, 0.2) is 0 Å². The van der Waals surface area contributed by atoms with Gasteiger partial charge in [0, 0.05) is 12.6 Å². The van der Waals surface area contributed by atoms with E-state index in [1.54, 1.807) is 6.08 Å². The second-order valence-corrected chi connectivity index (χ2v) is 3.97. The molecule has 0 bridgehead atoms. The summed E-state index contributed by atoms with van der Waals surface area (Å²) in [6.07, 6.45) is 1.57. The van der Waals surface area contributed by atoms with Gasteiger partial charge < -0.3 is 10.0 Å². The number of hydrogen-bond donors (Lipinski definition) is 1. The highest BCUT2D eigenvalue weighted by Crippen LogP contribution is 2.22. The molecule has 1 amide bonds. The van der Waals surface area contributed by atoms with Gasteiger partial charge in [-0.05, 0) is 26.0 Å². The van der Waals surface area contributed by atoms with E-state index in [2.05, 4.69) is 6.58 Å². The van der Waals surface area contributed by atoms with Crippen LogP contribution < -0.4 is 0 Å². The average molecular weight is 237 g/mol. The largest absolute Gasteiger partial charge is 0.507 e. The molecule has 0 atom stereocenters. The molecule has 0 fully saturated rings. The number of carbonyl (C=O) groups excluding carboxylic acids is 1. The highest BCUT2D eigenvalue weighted by atomic mass is 19.1. The van der Waals surface area contributed by atoms with Crippen molar-refractivity contribution < 1.29 is 14.3 Å². The minimum absolute atomic E-state index is 0.0977. The van der Waals surface area contributed by atoms with Gasteiger partial charge in [-0.2, -0.15) is 0 Å². The molecule has 0 aliphatic heterocycles. The SMILES string of the molecule is C=CCN(C(=O)c1c(O)cccc1F)C(C)C. The summed E-state index contributed by atoms with van der Waals surface area (Å²) >= 11 is 0. The monoisotopic (exact) mass is 237 g/mol. The molecule has 1 aromatic carbocycles. The van der Waals surface area contributed by atoms with Crippen LogP contribution in [-0.4, -0.2) is 28.5 Å². The van der Waals surface area contributed by atoms with Gasteiger partial charge in [-0.3, -0.25) is 4.79 Å². The Balaban J connectivity index is 3.13. The molecule has 1 aromatic rings. The maximum absolute atomic E-state index is 13.5. The molecule has 0 spiro atoms. The highest BCUT2D eigenvalue weighted by Gasteiger charge is 2.23. The normalized spacial score (nSPS) is 10.4. The van der Waals surface area contributed by atoms with Crippen molar-refractivity contribution in [2.75, 3.05) is 6.54 Å². The molecule has 1 rings (SSSR count). The van der Waals surface area contributed by atoms with Crippen LogP contribution in [0.2, 0.25) is 0 Å². The number of halogens is 1. The van der Waals surface area contributed by atoms with E-state index in [1.165, 1.54) is 17.0 Å². The maximum atomic E-state index is 13.5. The third-order valence-corrected chi connectivity index (χ3v) is 2.42. The lowest BCUT2D eigenvalue weighted by atomic mass is 10.1. The molecule has 1 N–H and O–H groups in total. The van der Waals surface area contributed by atoms with Gasteiger partial charge in [0.25, 0.3) is 5.91 Å². The third-order valence-electron chi connectivity index (χ3n) is 2.42. The molecule has 4 heteroatoms. The summed E-state index contributed by atoms with van der Waals surface area (Å²) < 4.78 is 13.5. The number of phenolic OH excluding ortho intramolecular Hbond substituents is 1. The zero-order valence-electron chi connectivity index (χ0n) is 9.98. The van der Waals surface area contributed by atoms with Gasteiger partial charge in [0.2, 0.25) is 0 Å². The molecule has 17 heavy (non-hydrogen) atoms. The predicted molar refractivity (Wildman–Crippen MR) is 64.4 cm³/mol. The molecule has 0 aliphatic rings. The van der Waals surface area contributed by atoms with Crippen LogP contribution in [0.3, 0.4) is 0 Å². The number of rotatable bonds is 4. The van der Waals surface area contributed by atoms with E-state index in [0.29, 0.717) is 6.54 Å². The van der Waals surface area contributed by atoms with E-state index >= 15 is 0 Å². The topological polar surface area (TPSA) is 40.5 Å². The lowest BCUT2D eigenvalue weighted by Gasteiger charge is -2.25. The fourth-order valence-electron chi connectivity index (χ4n) is 1.54. The van der Waals surface area contributed by atoms with E-state index in [1.807, 2.05) is 13.8 Å². The molecule has 0 saturated heterocycles. The van der Waals surface area contributed by atoms with E-state index in [4.69, 9.17) is 0 Å². The summed E-state index contributed by atoms with van der Waals surface area (Å²) in [6, 6.07) is 3.70. The van der Waals surface area contributed by atoms with Gasteiger partial charge in [0.1, 0.15) is 17.1 Å². The highest BCUT2D eigenvalue weighted by molar-refractivity contribution is 5.97. The van der Waals surface area contributed by atoms with Crippen LogP contribution >= 0.6 is 0 Å². The molecular formula is C13H16FNO2. The lowest BCUT2D eigenvalue weighted by molar-refractivity contribution is 0.0720. The third kappa shape index (κ3) is 2.84. The first kappa shape index (κ1) is 13.2. The zero-order valence-corrected chi connectivity index (χ0v) is 9.98.